The maximum Gasteiger partial charge on any atom is 0.0869 e. The van der Waals surface area contributed by atoms with Crippen molar-refractivity contribution in [2.45, 2.75) is 39.2 Å². The predicted octanol–water partition coefficient (Wildman–Crippen LogP) is 4.92. The Kier molecular flexibility index (Phi) is 4.78. The van der Waals surface area contributed by atoms with E-state index in [4.69, 9.17) is 0 Å². The van der Waals surface area contributed by atoms with Crippen molar-refractivity contribution in [2.24, 2.45) is 5.92 Å². The number of aliphatic hydroxyl groups excluding tert-OH is 1. The largest absolute Gasteiger partial charge is 0.388 e. The second-order valence-electron chi connectivity index (χ2n) is 5.26. The third-order valence-electron chi connectivity index (χ3n) is 3.87. The number of aryl methyl sites for hydroxylation is 1. The molecule has 0 spiro atoms. The molecule has 0 aliphatic rings. The summed E-state index contributed by atoms with van der Waals surface area (Å²) in [6.07, 6.45) is 0.655. The fraction of sp³-hybridized carbons (Fsp3) is 0.412. The van der Waals surface area contributed by atoms with Crippen LogP contribution in [-0.2, 0) is 0 Å². The van der Waals surface area contributed by atoms with Crippen molar-refractivity contribution in [3.05, 3.63) is 57.8 Å². The summed E-state index contributed by atoms with van der Waals surface area (Å²) in [5, 5.41) is 12.8. The molecule has 0 aliphatic carbocycles. The van der Waals surface area contributed by atoms with E-state index in [0.29, 0.717) is 5.92 Å². The van der Waals surface area contributed by atoms with Gasteiger partial charge in [0.25, 0.3) is 0 Å². The molecule has 0 fully saturated rings. The van der Waals surface area contributed by atoms with Crippen LogP contribution in [0, 0.1) is 12.8 Å². The van der Waals surface area contributed by atoms with Gasteiger partial charge in [-0.2, -0.15) is 0 Å². The summed E-state index contributed by atoms with van der Waals surface area (Å²) < 4.78 is 0. The van der Waals surface area contributed by atoms with Gasteiger partial charge in [0.1, 0.15) is 0 Å². The molecule has 0 saturated heterocycles. The van der Waals surface area contributed by atoms with Gasteiger partial charge in [-0.1, -0.05) is 50.6 Å². The van der Waals surface area contributed by atoms with Gasteiger partial charge in [0.05, 0.1) is 6.10 Å². The molecule has 0 saturated carbocycles. The van der Waals surface area contributed by atoms with E-state index in [9.17, 15) is 5.11 Å². The summed E-state index contributed by atoms with van der Waals surface area (Å²) in [5.41, 5.74) is 2.28. The highest BCUT2D eigenvalue weighted by Gasteiger charge is 2.27. The molecular weight excluding hydrogens is 252 g/mol. The van der Waals surface area contributed by atoms with Crippen LogP contribution >= 0.6 is 11.3 Å². The first-order chi connectivity index (χ1) is 9.13. The standard InChI is InChI=1S/C17H22OS/c1-4-12(2)16(14-8-6-5-7-9-14)17(18)15-10-13(3)19-11-15/h5-12,16-18H,4H2,1-3H3. The van der Waals surface area contributed by atoms with E-state index in [0.717, 1.165) is 12.0 Å². The summed E-state index contributed by atoms with van der Waals surface area (Å²) >= 11 is 1.70. The monoisotopic (exact) mass is 274 g/mol. The Bertz CT molecular complexity index is 503. The van der Waals surface area contributed by atoms with Crippen LogP contribution in [0.5, 0.6) is 0 Å². The molecule has 19 heavy (non-hydrogen) atoms. The number of aliphatic hydroxyl groups is 1. The summed E-state index contributed by atoms with van der Waals surface area (Å²) in [5.74, 6) is 0.623. The molecule has 1 heterocycles. The molecule has 1 aromatic carbocycles. The van der Waals surface area contributed by atoms with Crippen molar-refractivity contribution in [1.29, 1.82) is 0 Å². The Labute approximate surface area is 119 Å². The van der Waals surface area contributed by atoms with Crippen LogP contribution in [0.3, 0.4) is 0 Å². The Morgan fingerprint density at radius 1 is 1.16 bits per heavy atom. The molecule has 0 amide bonds. The lowest BCUT2D eigenvalue weighted by molar-refractivity contribution is 0.118. The Hall–Kier alpha value is -1.12. The van der Waals surface area contributed by atoms with Crippen molar-refractivity contribution in [1.82, 2.24) is 0 Å². The van der Waals surface area contributed by atoms with Gasteiger partial charge in [-0.3, -0.25) is 0 Å². The summed E-state index contributed by atoms with van der Waals surface area (Å²) in [6.45, 7) is 6.49. The Morgan fingerprint density at radius 3 is 2.37 bits per heavy atom. The average molecular weight is 274 g/mol. The smallest absolute Gasteiger partial charge is 0.0869 e. The zero-order valence-corrected chi connectivity index (χ0v) is 12.7. The lowest BCUT2D eigenvalue weighted by Gasteiger charge is -2.28. The first-order valence-corrected chi connectivity index (χ1v) is 7.79. The minimum atomic E-state index is -0.415. The molecular formula is C17H22OS. The Morgan fingerprint density at radius 2 is 1.84 bits per heavy atom. The zero-order chi connectivity index (χ0) is 13.8. The van der Waals surface area contributed by atoms with E-state index in [1.165, 1.54) is 10.4 Å². The third kappa shape index (κ3) is 3.26. The molecule has 2 aromatic rings. The van der Waals surface area contributed by atoms with Gasteiger partial charge in [0, 0.05) is 10.8 Å². The predicted molar refractivity (Wildman–Crippen MR) is 82.7 cm³/mol. The van der Waals surface area contributed by atoms with Crippen molar-refractivity contribution in [3.63, 3.8) is 0 Å². The van der Waals surface area contributed by atoms with Crippen LogP contribution in [0.25, 0.3) is 0 Å². The fourth-order valence-electron chi connectivity index (χ4n) is 2.58. The van der Waals surface area contributed by atoms with Gasteiger partial charge in [-0.05, 0) is 35.4 Å². The second-order valence-corrected chi connectivity index (χ2v) is 6.37. The summed E-state index contributed by atoms with van der Waals surface area (Å²) in [6, 6.07) is 12.5. The topological polar surface area (TPSA) is 20.2 Å². The van der Waals surface area contributed by atoms with Crippen molar-refractivity contribution < 1.29 is 5.11 Å². The van der Waals surface area contributed by atoms with Crippen LogP contribution in [0.2, 0.25) is 0 Å². The highest BCUT2D eigenvalue weighted by molar-refractivity contribution is 7.10. The fourth-order valence-corrected chi connectivity index (χ4v) is 3.31. The maximum atomic E-state index is 10.8. The molecule has 0 bridgehead atoms. The van der Waals surface area contributed by atoms with Gasteiger partial charge in [-0.25, -0.2) is 0 Å². The summed E-state index contributed by atoms with van der Waals surface area (Å²) in [4.78, 5) is 1.25. The van der Waals surface area contributed by atoms with Crippen LogP contribution in [-0.4, -0.2) is 5.11 Å². The van der Waals surface area contributed by atoms with E-state index in [2.05, 4.69) is 56.5 Å². The molecule has 0 radical (unpaired) electrons. The highest BCUT2D eigenvalue weighted by atomic mass is 32.1. The zero-order valence-electron chi connectivity index (χ0n) is 11.8. The molecule has 2 rings (SSSR count). The van der Waals surface area contributed by atoms with Crippen molar-refractivity contribution >= 4 is 11.3 Å². The van der Waals surface area contributed by atoms with Gasteiger partial charge < -0.3 is 5.11 Å². The molecule has 0 aliphatic heterocycles. The minimum Gasteiger partial charge on any atom is -0.388 e. The van der Waals surface area contributed by atoms with Crippen LogP contribution in [0.1, 0.15) is 48.3 Å². The highest BCUT2D eigenvalue weighted by Crippen LogP contribution is 2.39. The van der Waals surface area contributed by atoms with Gasteiger partial charge in [-0.15, -0.1) is 11.3 Å². The van der Waals surface area contributed by atoms with Gasteiger partial charge in [0.15, 0.2) is 0 Å². The second kappa shape index (κ2) is 6.36. The molecule has 102 valence electrons. The van der Waals surface area contributed by atoms with E-state index >= 15 is 0 Å². The van der Waals surface area contributed by atoms with Crippen LogP contribution < -0.4 is 0 Å². The number of benzene rings is 1. The lowest BCUT2D eigenvalue weighted by atomic mass is 9.79. The van der Waals surface area contributed by atoms with E-state index < -0.39 is 6.10 Å². The summed E-state index contributed by atoms with van der Waals surface area (Å²) in [7, 11) is 0. The van der Waals surface area contributed by atoms with Crippen LogP contribution in [0.4, 0.5) is 0 Å². The molecule has 1 N–H and O–H groups in total. The molecule has 1 nitrogen and oxygen atoms in total. The number of rotatable bonds is 5. The normalized spacial score (nSPS) is 16.0. The average Bonchev–Trinajstić information content (AvgIpc) is 2.86. The molecule has 1 aromatic heterocycles. The quantitative estimate of drug-likeness (QED) is 0.820. The number of hydrogen-bond donors (Lipinski definition) is 1. The van der Waals surface area contributed by atoms with Crippen LogP contribution in [0.15, 0.2) is 41.8 Å². The van der Waals surface area contributed by atoms with Crippen molar-refractivity contribution in [3.8, 4) is 0 Å². The number of hydrogen-bond acceptors (Lipinski definition) is 2. The number of thiophene rings is 1. The van der Waals surface area contributed by atoms with E-state index in [1.807, 2.05) is 6.07 Å². The Balaban J connectivity index is 2.33. The van der Waals surface area contributed by atoms with Gasteiger partial charge >= 0.3 is 0 Å². The van der Waals surface area contributed by atoms with E-state index in [-0.39, 0.29) is 5.92 Å². The minimum absolute atomic E-state index is 0.167. The lowest BCUT2D eigenvalue weighted by Crippen LogP contribution is -2.17. The van der Waals surface area contributed by atoms with Crippen molar-refractivity contribution in [2.75, 3.05) is 0 Å². The third-order valence-corrected chi connectivity index (χ3v) is 4.75. The van der Waals surface area contributed by atoms with Gasteiger partial charge in [0.2, 0.25) is 0 Å². The maximum absolute atomic E-state index is 10.8. The molecule has 2 heteroatoms. The van der Waals surface area contributed by atoms with E-state index in [1.54, 1.807) is 11.3 Å². The molecule has 3 atom stereocenters. The first kappa shape index (κ1) is 14.3. The SMILES string of the molecule is CCC(C)C(c1ccccc1)C(O)c1csc(C)c1. The molecule has 3 unspecified atom stereocenters. The first-order valence-electron chi connectivity index (χ1n) is 6.91.